The molecule has 2 rings (SSSR count). The van der Waals surface area contributed by atoms with Gasteiger partial charge in [0, 0.05) is 5.02 Å². The van der Waals surface area contributed by atoms with Gasteiger partial charge in [-0.15, -0.1) is 0 Å². The smallest absolute Gasteiger partial charge is 0.241 e. The van der Waals surface area contributed by atoms with Crippen LogP contribution in [0.3, 0.4) is 0 Å². The van der Waals surface area contributed by atoms with E-state index in [1.54, 1.807) is 6.07 Å². The highest BCUT2D eigenvalue weighted by Crippen LogP contribution is 2.18. The van der Waals surface area contributed by atoms with Crippen LogP contribution in [0.5, 0.6) is 0 Å². The van der Waals surface area contributed by atoms with Crippen LogP contribution in [0.25, 0.3) is 0 Å². The highest BCUT2D eigenvalue weighted by atomic mass is 35.5. The first kappa shape index (κ1) is 14.6. The van der Waals surface area contributed by atoms with Crippen molar-refractivity contribution in [2.75, 3.05) is 0 Å². The fourth-order valence-corrected chi connectivity index (χ4v) is 2.17. The molecule has 3 N–H and O–H groups in total. The molecule has 0 saturated carbocycles. The van der Waals surface area contributed by atoms with Gasteiger partial charge in [0.1, 0.15) is 6.04 Å². The van der Waals surface area contributed by atoms with Crippen molar-refractivity contribution in [3.05, 3.63) is 70.7 Å². The lowest BCUT2D eigenvalue weighted by atomic mass is 10.1. The lowest BCUT2D eigenvalue weighted by Gasteiger charge is -2.18. The number of nitrogens with one attached hydrogen (secondary N) is 1. The zero-order valence-electron chi connectivity index (χ0n) is 11.2. The molecule has 3 nitrogen and oxygen atoms in total. The lowest BCUT2D eigenvalue weighted by Crippen LogP contribution is -2.35. The molecule has 2 unspecified atom stereocenters. The SMILES string of the molecule is CC(NC(=O)C(N)c1ccccc1)c1cccc(Cl)c1. The molecule has 0 radical (unpaired) electrons. The summed E-state index contributed by atoms with van der Waals surface area (Å²) < 4.78 is 0. The van der Waals surface area contributed by atoms with Gasteiger partial charge in [0.05, 0.1) is 6.04 Å². The Balaban J connectivity index is 2.04. The van der Waals surface area contributed by atoms with Crippen LogP contribution in [0, 0.1) is 0 Å². The number of hydrogen-bond donors (Lipinski definition) is 2. The molecule has 0 spiro atoms. The van der Waals surface area contributed by atoms with Crippen molar-refractivity contribution >= 4 is 17.5 Å². The number of hydrogen-bond acceptors (Lipinski definition) is 2. The second-order valence-electron chi connectivity index (χ2n) is 4.67. The van der Waals surface area contributed by atoms with E-state index in [0.29, 0.717) is 5.02 Å². The van der Waals surface area contributed by atoms with Crippen molar-refractivity contribution in [3.63, 3.8) is 0 Å². The van der Waals surface area contributed by atoms with Gasteiger partial charge in [-0.2, -0.15) is 0 Å². The molecule has 0 aliphatic rings. The van der Waals surface area contributed by atoms with E-state index >= 15 is 0 Å². The number of carbonyl (C=O) groups is 1. The fourth-order valence-electron chi connectivity index (χ4n) is 1.97. The molecule has 0 aromatic heterocycles. The Kier molecular flexibility index (Phi) is 4.77. The van der Waals surface area contributed by atoms with Crippen LogP contribution in [0.4, 0.5) is 0 Å². The molecular weight excluding hydrogens is 272 g/mol. The topological polar surface area (TPSA) is 55.1 Å². The van der Waals surface area contributed by atoms with E-state index in [1.807, 2.05) is 55.5 Å². The molecule has 0 aliphatic carbocycles. The minimum absolute atomic E-state index is 0.143. The molecule has 2 aromatic rings. The lowest BCUT2D eigenvalue weighted by molar-refractivity contribution is -0.123. The summed E-state index contributed by atoms with van der Waals surface area (Å²) in [5.74, 6) is -0.205. The predicted molar refractivity (Wildman–Crippen MR) is 81.4 cm³/mol. The number of halogens is 1. The monoisotopic (exact) mass is 288 g/mol. The molecule has 0 fully saturated rings. The van der Waals surface area contributed by atoms with Crippen molar-refractivity contribution in [1.82, 2.24) is 5.32 Å². The summed E-state index contributed by atoms with van der Waals surface area (Å²) in [5, 5.41) is 3.55. The van der Waals surface area contributed by atoms with Gasteiger partial charge in [-0.25, -0.2) is 0 Å². The highest BCUT2D eigenvalue weighted by molar-refractivity contribution is 6.30. The molecule has 2 aromatic carbocycles. The molecule has 1 amide bonds. The van der Waals surface area contributed by atoms with Crippen LogP contribution in [-0.2, 0) is 4.79 Å². The van der Waals surface area contributed by atoms with Crippen molar-refractivity contribution < 1.29 is 4.79 Å². The van der Waals surface area contributed by atoms with Gasteiger partial charge < -0.3 is 11.1 Å². The van der Waals surface area contributed by atoms with E-state index < -0.39 is 6.04 Å². The Bertz CT molecular complexity index is 586. The van der Waals surface area contributed by atoms with Crippen LogP contribution < -0.4 is 11.1 Å². The minimum Gasteiger partial charge on any atom is -0.348 e. The summed E-state index contributed by atoms with van der Waals surface area (Å²) in [6, 6.07) is 15.9. The molecule has 4 heteroatoms. The second kappa shape index (κ2) is 6.55. The maximum atomic E-state index is 12.1. The van der Waals surface area contributed by atoms with Gasteiger partial charge in [-0.1, -0.05) is 54.1 Å². The molecule has 0 saturated heterocycles. The quantitative estimate of drug-likeness (QED) is 0.907. The number of carbonyl (C=O) groups excluding carboxylic acids is 1. The van der Waals surface area contributed by atoms with E-state index in [9.17, 15) is 4.79 Å². The van der Waals surface area contributed by atoms with Gasteiger partial charge in [-0.05, 0) is 30.2 Å². The summed E-state index contributed by atoms with van der Waals surface area (Å²) in [7, 11) is 0. The van der Waals surface area contributed by atoms with Crippen LogP contribution in [-0.4, -0.2) is 5.91 Å². The van der Waals surface area contributed by atoms with Gasteiger partial charge in [0.2, 0.25) is 5.91 Å². The number of rotatable bonds is 4. The van der Waals surface area contributed by atoms with Crippen LogP contribution in [0.2, 0.25) is 5.02 Å². The fraction of sp³-hybridized carbons (Fsp3) is 0.188. The molecule has 0 heterocycles. The Morgan fingerprint density at radius 3 is 2.40 bits per heavy atom. The van der Waals surface area contributed by atoms with E-state index in [-0.39, 0.29) is 11.9 Å². The Hall–Kier alpha value is -1.84. The summed E-state index contributed by atoms with van der Waals surface area (Å²) in [6.07, 6.45) is 0. The molecule has 2 atom stereocenters. The summed E-state index contributed by atoms with van der Waals surface area (Å²) in [6.45, 7) is 1.90. The third-order valence-corrected chi connectivity index (χ3v) is 3.38. The zero-order valence-corrected chi connectivity index (χ0v) is 12.0. The van der Waals surface area contributed by atoms with Crippen molar-refractivity contribution in [2.24, 2.45) is 5.73 Å². The largest absolute Gasteiger partial charge is 0.348 e. The minimum atomic E-state index is -0.669. The normalized spacial score (nSPS) is 13.6. The Morgan fingerprint density at radius 2 is 1.75 bits per heavy atom. The first-order chi connectivity index (χ1) is 9.58. The van der Waals surface area contributed by atoms with Crippen molar-refractivity contribution in [2.45, 2.75) is 19.0 Å². The second-order valence-corrected chi connectivity index (χ2v) is 5.11. The Morgan fingerprint density at radius 1 is 1.10 bits per heavy atom. The number of amides is 1. The third-order valence-electron chi connectivity index (χ3n) is 3.15. The Labute approximate surface area is 123 Å². The van der Waals surface area contributed by atoms with Crippen molar-refractivity contribution in [3.8, 4) is 0 Å². The summed E-state index contributed by atoms with van der Waals surface area (Å²) >= 11 is 5.95. The van der Waals surface area contributed by atoms with Crippen molar-refractivity contribution in [1.29, 1.82) is 0 Å². The molecule has 20 heavy (non-hydrogen) atoms. The van der Waals surface area contributed by atoms with Gasteiger partial charge in [0.15, 0.2) is 0 Å². The van der Waals surface area contributed by atoms with E-state index in [4.69, 9.17) is 17.3 Å². The average Bonchev–Trinajstić information content (AvgIpc) is 2.47. The summed E-state index contributed by atoms with van der Waals surface area (Å²) in [5.41, 5.74) is 7.70. The molecule has 0 aliphatic heterocycles. The molecular formula is C16H17ClN2O. The summed E-state index contributed by atoms with van der Waals surface area (Å²) in [4.78, 5) is 12.1. The highest BCUT2D eigenvalue weighted by Gasteiger charge is 2.18. The van der Waals surface area contributed by atoms with Crippen LogP contribution in [0.15, 0.2) is 54.6 Å². The van der Waals surface area contributed by atoms with Gasteiger partial charge in [-0.3, -0.25) is 4.79 Å². The number of nitrogens with two attached hydrogens (primary N) is 1. The average molecular weight is 289 g/mol. The maximum absolute atomic E-state index is 12.1. The first-order valence-electron chi connectivity index (χ1n) is 6.44. The van der Waals surface area contributed by atoms with E-state index in [1.165, 1.54) is 0 Å². The van der Waals surface area contributed by atoms with E-state index in [0.717, 1.165) is 11.1 Å². The first-order valence-corrected chi connectivity index (χ1v) is 6.82. The van der Waals surface area contributed by atoms with Gasteiger partial charge >= 0.3 is 0 Å². The molecule has 0 bridgehead atoms. The van der Waals surface area contributed by atoms with Gasteiger partial charge in [0.25, 0.3) is 0 Å². The standard InChI is InChI=1S/C16H17ClN2O/c1-11(13-8-5-9-14(17)10-13)19-16(20)15(18)12-6-3-2-4-7-12/h2-11,15H,18H2,1H3,(H,19,20). The maximum Gasteiger partial charge on any atom is 0.241 e. The van der Waals surface area contributed by atoms with Crippen LogP contribution >= 0.6 is 11.6 Å². The number of benzene rings is 2. The van der Waals surface area contributed by atoms with Crippen LogP contribution in [0.1, 0.15) is 30.1 Å². The molecule has 104 valence electrons. The van der Waals surface area contributed by atoms with E-state index in [2.05, 4.69) is 5.32 Å². The third kappa shape index (κ3) is 3.59. The predicted octanol–water partition coefficient (Wildman–Crippen LogP) is 3.22. The zero-order chi connectivity index (χ0) is 14.5.